The molecule has 10 heteroatoms. The van der Waals surface area contributed by atoms with Crippen LogP contribution in [0.2, 0.25) is 0 Å². The van der Waals surface area contributed by atoms with Crippen LogP contribution in [0.4, 0.5) is 4.79 Å². The minimum Gasteiger partial charge on any atom is -0.503 e. The topological polar surface area (TPSA) is 87.2 Å². The molecule has 2 aliphatic rings. The SMILES string of the molecule is CCOc1cc(/C=C2\SC(=O)N(CC(=O)N3CCCC3)C2=O)c(Br)c(Br)c1O. The maximum Gasteiger partial charge on any atom is 0.294 e. The van der Waals surface area contributed by atoms with Gasteiger partial charge in [0.15, 0.2) is 11.5 Å². The fraction of sp³-hybridized carbons (Fsp3) is 0.389. The summed E-state index contributed by atoms with van der Waals surface area (Å²) in [5.74, 6) is -0.521. The number of hydrogen-bond donors (Lipinski definition) is 1. The van der Waals surface area contributed by atoms with Gasteiger partial charge in [-0.05, 0) is 81.1 Å². The highest BCUT2D eigenvalue weighted by molar-refractivity contribution is 9.13. The Hall–Kier alpha value is -1.52. The number of imide groups is 1. The average molecular weight is 534 g/mol. The first kappa shape index (κ1) is 21.2. The molecular weight excluding hydrogens is 516 g/mol. The van der Waals surface area contributed by atoms with E-state index in [9.17, 15) is 19.5 Å². The Labute approximate surface area is 183 Å². The number of benzene rings is 1. The number of phenolic OH excluding ortho intramolecular Hbond substituents is 1. The van der Waals surface area contributed by atoms with Crippen molar-refractivity contribution in [1.82, 2.24) is 9.80 Å². The molecule has 3 amide bonds. The molecule has 0 spiro atoms. The van der Waals surface area contributed by atoms with Gasteiger partial charge in [-0.1, -0.05) is 0 Å². The lowest BCUT2D eigenvalue weighted by molar-refractivity contribution is -0.135. The molecule has 1 N–H and O–H groups in total. The normalized spacial score (nSPS) is 18.5. The third kappa shape index (κ3) is 4.23. The number of aromatic hydroxyl groups is 1. The summed E-state index contributed by atoms with van der Waals surface area (Å²) in [5.41, 5.74) is 0.560. The smallest absolute Gasteiger partial charge is 0.294 e. The zero-order valence-corrected chi connectivity index (χ0v) is 19.0. The summed E-state index contributed by atoms with van der Waals surface area (Å²) in [5, 5.41) is 9.67. The Bertz CT molecular complexity index is 868. The van der Waals surface area contributed by atoms with Gasteiger partial charge >= 0.3 is 0 Å². The van der Waals surface area contributed by atoms with Crippen molar-refractivity contribution in [3.8, 4) is 11.5 Å². The Balaban J connectivity index is 1.84. The van der Waals surface area contributed by atoms with Gasteiger partial charge < -0.3 is 14.7 Å². The number of carbonyl (C=O) groups is 3. The molecule has 0 bridgehead atoms. The van der Waals surface area contributed by atoms with Crippen LogP contribution in [0, 0.1) is 0 Å². The number of thioether (sulfide) groups is 1. The molecule has 0 aliphatic carbocycles. The summed E-state index contributed by atoms with van der Waals surface area (Å²) in [6.07, 6.45) is 3.43. The molecule has 1 aromatic rings. The molecule has 2 aliphatic heterocycles. The Morgan fingerprint density at radius 1 is 1.29 bits per heavy atom. The molecule has 0 saturated carbocycles. The van der Waals surface area contributed by atoms with Crippen LogP contribution in [0.25, 0.3) is 6.08 Å². The van der Waals surface area contributed by atoms with Crippen molar-refractivity contribution in [2.75, 3.05) is 26.2 Å². The van der Waals surface area contributed by atoms with E-state index in [2.05, 4.69) is 31.9 Å². The third-order valence-electron chi connectivity index (χ3n) is 4.39. The highest BCUT2D eigenvalue weighted by Gasteiger charge is 2.37. The second kappa shape index (κ2) is 8.87. The highest BCUT2D eigenvalue weighted by Crippen LogP contribution is 2.43. The van der Waals surface area contributed by atoms with E-state index in [1.54, 1.807) is 24.0 Å². The molecule has 0 unspecified atom stereocenters. The average Bonchev–Trinajstić information content (AvgIpc) is 3.29. The molecule has 0 aromatic heterocycles. The predicted molar refractivity (Wildman–Crippen MR) is 113 cm³/mol. The van der Waals surface area contributed by atoms with Gasteiger partial charge in [-0.25, -0.2) is 0 Å². The lowest BCUT2D eigenvalue weighted by Crippen LogP contribution is -2.40. The number of halogens is 2. The number of hydrogen-bond acceptors (Lipinski definition) is 6. The van der Waals surface area contributed by atoms with Crippen molar-refractivity contribution in [3.63, 3.8) is 0 Å². The first-order chi connectivity index (χ1) is 13.3. The first-order valence-corrected chi connectivity index (χ1v) is 11.1. The predicted octanol–water partition coefficient (Wildman–Crippen LogP) is 3.97. The number of amides is 3. The summed E-state index contributed by atoms with van der Waals surface area (Å²) < 4.78 is 6.31. The molecule has 3 rings (SSSR count). The van der Waals surface area contributed by atoms with E-state index < -0.39 is 11.1 Å². The highest BCUT2D eigenvalue weighted by atomic mass is 79.9. The Kier molecular flexibility index (Phi) is 6.72. The van der Waals surface area contributed by atoms with Gasteiger partial charge in [-0.15, -0.1) is 0 Å². The van der Waals surface area contributed by atoms with Gasteiger partial charge in [0.1, 0.15) is 6.54 Å². The first-order valence-electron chi connectivity index (χ1n) is 8.70. The minimum atomic E-state index is -0.503. The third-order valence-corrected chi connectivity index (χ3v) is 7.45. The monoisotopic (exact) mass is 532 g/mol. The van der Waals surface area contributed by atoms with Crippen LogP contribution in [0.5, 0.6) is 11.5 Å². The maximum absolute atomic E-state index is 12.7. The van der Waals surface area contributed by atoms with Gasteiger partial charge in [-0.2, -0.15) is 0 Å². The van der Waals surface area contributed by atoms with Crippen molar-refractivity contribution in [3.05, 3.63) is 25.5 Å². The minimum absolute atomic E-state index is 0.0600. The van der Waals surface area contributed by atoms with Gasteiger partial charge in [0.05, 0.1) is 16.0 Å². The molecule has 7 nitrogen and oxygen atoms in total. The van der Waals surface area contributed by atoms with Crippen LogP contribution >= 0.6 is 43.6 Å². The molecule has 28 heavy (non-hydrogen) atoms. The van der Waals surface area contributed by atoms with Crippen molar-refractivity contribution in [1.29, 1.82) is 0 Å². The second-order valence-electron chi connectivity index (χ2n) is 6.23. The molecule has 1 aromatic carbocycles. The Morgan fingerprint density at radius 3 is 2.61 bits per heavy atom. The largest absolute Gasteiger partial charge is 0.503 e. The molecule has 0 radical (unpaired) electrons. The Morgan fingerprint density at radius 2 is 1.96 bits per heavy atom. The summed E-state index contributed by atoms with van der Waals surface area (Å²) in [7, 11) is 0. The van der Waals surface area contributed by atoms with Crippen LogP contribution < -0.4 is 4.74 Å². The summed E-state index contributed by atoms with van der Waals surface area (Å²) in [6.45, 7) is 3.24. The zero-order valence-electron chi connectivity index (χ0n) is 15.0. The zero-order chi connectivity index (χ0) is 20.4. The van der Waals surface area contributed by atoms with Crippen LogP contribution in [-0.2, 0) is 9.59 Å². The van der Waals surface area contributed by atoms with Crippen LogP contribution in [-0.4, -0.2) is 58.2 Å². The van der Waals surface area contributed by atoms with E-state index in [1.807, 2.05) is 0 Å². The number of rotatable bonds is 5. The maximum atomic E-state index is 12.7. The van der Waals surface area contributed by atoms with Crippen LogP contribution in [0.15, 0.2) is 19.9 Å². The van der Waals surface area contributed by atoms with Crippen LogP contribution in [0.3, 0.4) is 0 Å². The fourth-order valence-corrected chi connectivity index (χ4v) is 4.63. The number of ether oxygens (including phenoxy) is 1. The molecule has 2 fully saturated rings. The summed E-state index contributed by atoms with van der Waals surface area (Å²) in [4.78, 5) is 40.1. The lowest BCUT2D eigenvalue weighted by Gasteiger charge is -2.18. The molecule has 2 saturated heterocycles. The molecule has 150 valence electrons. The van der Waals surface area contributed by atoms with Crippen molar-refractivity contribution >= 4 is 66.8 Å². The van der Waals surface area contributed by atoms with Gasteiger partial charge in [-0.3, -0.25) is 19.3 Å². The molecule has 2 heterocycles. The van der Waals surface area contributed by atoms with E-state index in [1.165, 1.54) is 0 Å². The van der Waals surface area contributed by atoms with Gasteiger partial charge in [0.25, 0.3) is 11.1 Å². The summed E-state index contributed by atoms with van der Waals surface area (Å²) >= 11 is 7.44. The van der Waals surface area contributed by atoms with E-state index in [0.29, 0.717) is 34.2 Å². The number of carbonyl (C=O) groups excluding carboxylic acids is 3. The van der Waals surface area contributed by atoms with Crippen molar-refractivity contribution in [2.24, 2.45) is 0 Å². The van der Waals surface area contributed by atoms with Crippen molar-refractivity contribution < 1.29 is 24.2 Å². The number of nitrogens with zero attached hydrogens (tertiary/aromatic N) is 2. The quantitative estimate of drug-likeness (QED) is 0.576. The number of phenols is 1. The number of likely N-dealkylation sites (tertiary alicyclic amines) is 1. The van der Waals surface area contributed by atoms with Gasteiger partial charge in [0.2, 0.25) is 5.91 Å². The standard InChI is InChI=1S/C18H18Br2N2O5S/c1-2-27-11-7-10(14(19)15(20)16(11)24)8-12-17(25)22(18(26)28-12)9-13(23)21-5-3-4-6-21/h7-8,24H,2-6,9H2,1H3/b12-8-. The van der Waals surface area contributed by atoms with Crippen LogP contribution in [0.1, 0.15) is 25.3 Å². The molecule has 0 atom stereocenters. The fourth-order valence-electron chi connectivity index (χ4n) is 2.96. The van der Waals surface area contributed by atoms with E-state index >= 15 is 0 Å². The van der Waals surface area contributed by atoms with Crippen molar-refractivity contribution in [2.45, 2.75) is 19.8 Å². The second-order valence-corrected chi connectivity index (χ2v) is 8.81. The summed E-state index contributed by atoms with van der Waals surface area (Å²) in [6, 6.07) is 1.58. The van der Waals surface area contributed by atoms with E-state index in [-0.39, 0.29) is 28.9 Å². The van der Waals surface area contributed by atoms with Gasteiger partial charge in [0, 0.05) is 17.6 Å². The molecular formula is C18H18Br2N2O5S. The lowest BCUT2D eigenvalue weighted by atomic mass is 10.2. The van der Waals surface area contributed by atoms with E-state index in [4.69, 9.17) is 4.74 Å². The van der Waals surface area contributed by atoms with E-state index in [0.717, 1.165) is 29.5 Å².